The van der Waals surface area contributed by atoms with Crippen molar-refractivity contribution in [3.63, 3.8) is 0 Å². The van der Waals surface area contributed by atoms with Gasteiger partial charge in [-0.3, -0.25) is 0 Å². The number of anilines is 6. The van der Waals surface area contributed by atoms with Gasteiger partial charge in [0.15, 0.2) is 0 Å². The van der Waals surface area contributed by atoms with Gasteiger partial charge in [0, 0.05) is 55.8 Å². The lowest BCUT2D eigenvalue weighted by Gasteiger charge is -2.47. The zero-order chi connectivity index (χ0) is 63.9. The summed E-state index contributed by atoms with van der Waals surface area (Å²) in [6.45, 7) is 21.1. The van der Waals surface area contributed by atoms with E-state index in [0.717, 1.165) is 100 Å². The third-order valence-corrected chi connectivity index (χ3v) is 20.2. The Morgan fingerprint density at radius 2 is 0.564 bits per heavy atom. The Morgan fingerprint density at radius 3 is 0.947 bits per heavy atom. The smallest absolute Gasteiger partial charge is 0.252 e. The summed E-state index contributed by atoms with van der Waals surface area (Å²) in [6, 6.07) is 106. The summed E-state index contributed by atoms with van der Waals surface area (Å²) in [5.74, 6) is 0. The molecule has 4 heteroatoms. The first-order valence-corrected chi connectivity index (χ1v) is 33.3. The molecule has 0 radical (unpaired) electrons. The molecule has 17 rings (SSSR count). The second-order valence-electron chi connectivity index (χ2n) is 29.3. The SMILES string of the molecule is CC(C)(C)c1cc(-c2ccccc2)c2c(c1)-c1cccc(c1)-c1ccc3oc4ccc(cc4c3c1)-c1cccc(c1)-c1cc(C(C)(C)C)cc(-c3ccccc3)c1N1c3ccc(-c4ccccc4)cc3B3c4cc(-c5ccccc5)ccc4N2c2cc(C(C)(C)C)cc1c23. The fraction of sp³-hybridized carbons (Fsp3) is 0.133. The minimum atomic E-state index is -0.291. The number of furan rings is 1. The van der Waals surface area contributed by atoms with Crippen molar-refractivity contribution in [1.29, 1.82) is 0 Å². The van der Waals surface area contributed by atoms with Crippen molar-refractivity contribution in [2.45, 2.75) is 78.6 Å². The Hall–Kier alpha value is -10.7. The summed E-state index contributed by atoms with van der Waals surface area (Å²) >= 11 is 0. The first-order valence-electron chi connectivity index (χ1n) is 33.3. The normalized spacial score (nSPS) is 13.1. The fourth-order valence-electron chi connectivity index (χ4n) is 15.1. The van der Waals surface area contributed by atoms with Gasteiger partial charge in [-0.05, 0) is 201 Å². The number of hydrogen-bond acceptors (Lipinski definition) is 3. The van der Waals surface area contributed by atoms with Crippen LogP contribution >= 0.6 is 0 Å². The minimum absolute atomic E-state index is 0.205. The van der Waals surface area contributed by atoms with Crippen LogP contribution < -0.4 is 26.2 Å². The zero-order valence-electron chi connectivity index (χ0n) is 54.9. The van der Waals surface area contributed by atoms with E-state index in [4.69, 9.17) is 4.42 Å². The molecule has 0 aliphatic carbocycles. The van der Waals surface area contributed by atoms with Crippen LogP contribution in [0.4, 0.5) is 34.1 Å². The van der Waals surface area contributed by atoms with Gasteiger partial charge in [0.05, 0.1) is 11.4 Å². The molecule has 0 N–H and O–H groups in total. The van der Waals surface area contributed by atoms with E-state index in [1.165, 1.54) is 77.8 Å². The van der Waals surface area contributed by atoms with Crippen molar-refractivity contribution in [2.24, 2.45) is 0 Å². The summed E-state index contributed by atoms with van der Waals surface area (Å²) in [4.78, 5) is 5.43. The molecule has 94 heavy (non-hydrogen) atoms. The molecular weight excluding hydrogens is 1140 g/mol. The molecule has 4 heterocycles. The van der Waals surface area contributed by atoms with Crippen LogP contribution in [0.5, 0.6) is 0 Å². The molecule has 13 aromatic carbocycles. The van der Waals surface area contributed by atoms with Crippen molar-refractivity contribution >= 4 is 79.2 Å². The van der Waals surface area contributed by atoms with E-state index < -0.39 is 0 Å². The van der Waals surface area contributed by atoms with E-state index in [2.05, 4.69) is 351 Å². The summed E-state index contributed by atoms with van der Waals surface area (Å²) in [7, 11) is 0. The van der Waals surface area contributed by atoms with E-state index >= 15 is 0 Å². The highest BCUT2D eigenvalue weighted by Crippen LogP contribution is 2.56. The topological polar surface area (TPSA) is 19.6 Å². The van der Waals surface area contributed by atoms with Gasteiger partial charge in [0.1, 0.15) is 11.2 Å². The van der Waals surface area contributed by atoms with Crippen molar-refractivity contribution in [3.05, 3.63) is 296 Å². The first-order chi connectivity index (χ1) is 45.5. The van der Waals surface area contributed by atoms with Gasteiger partial charge in [-0.15, -0.1) is 0 Å². The second kappa shape index (κ2) is 21.4. The van der Waals surface area contributed by atoms with Crippen LogP contribution in [0.1, 0.15) is 79.0 Å². The Labute approximate surface area is 553 Å². The van der Waals surface area contributed by atoms with Crippen molar-refractivity contribution < 1.29 is 4.42 Å². The maximum atomic E-state index is 6.73. The molecule has 0 atom stereocenters. The van der Waals surface area contributed by atoms with Gasteiger partial charge in [0.25, 0.3) is 6.71 Å². The molecule has 0 saturated carbocycles. The molecule has 0 amide bonds. The standard InChI is InChI=1S/C90H73BN2O/c1-88(2,3)68-50-71(58-28-18-12-19-29-58)86-73(52-68)66-34-22-32-60(44-66)62-38-42-83-75(46-62)76-47-63(39-43-84(76)94-83)61-33-23-35-67(45-61)74-53-69(89(4,5)6)51-72(59-30-20-13-21-31-59)87(74)93-80-41-37-65(57-26-16-11-17-27-57)49-78(80)91-77-48-64(56-24-14-10-15-25-56)36-40-79(77)92(86)81-54-70(90(7,8)9)55-82(93)85(81)91/h10-55H,1-9H3. The minimum Gasteiger partial charge on any atom is -0.456 e. The van der Waals surface area contributed by atoms with Crippen LogP contribution in [0.3, 0.4) is 0 Å². The maximum Gasteiger partial charge on any atom is 0.252 e. The Kier molecular flexibility index (Phi) is 13.1. The fourth-order valence-corrected chi connectivity index (χ4v) is 15.1. The molecule has 3 aliphatic heterocycles. The highest BCUT2D eigenvalue weighted by Gasteiger charge is 2.46. The predicted molar refractivity (Wildman–Crippen MR) is 401 cm³/mol. The first kappa shape index (κ1) is 57.2. The van der Waals surface area contributed by atoms with E-state index in [1.54, 1.807) is 0 Å². The third kappa shape index (κ3) is 9.48. The number of nitrogens with zero attached hydrogens (tertiary/aromatic N) is 2. The average molecular weight is 1210 g/mol. The van der Waals surface area contributed by atoms with Gasteiger partial charge in [-0.1, -0.05) is 256 Å². The number of fused-ring (bicyclic) bond motifs is 20. The lowest BCUT2D eigenvalue weighted by atomic mass is 9.33. The van der Waals surface area contributed by atoms with Gasteiger partial charge in [-0.2, -0.15) is 0 Å². The lowest BCUT2D eigenvalue weighted by molar-refractivity contribution is 0.590. The Bertz CT molecular complexity index is 5050. The number of benzene rings is 13. The highest BCUT2D eigenvalue weighted by atomic mass is 16.3. The Morgan fingerprint density at radius 1 is 0.255 bits per heavy atom. The molecule has 3 aliphatic rings. The molecule has 1 aromatic heterocycles. The molecular formula is C90H73BN2O. The molecule has 0 unspecified atom stereocenters. The summed E-state index contributed by atoms with van der Waals surface area (Å²) in [6.07, 6.45) is 0. The average Bonchev–Trinajstić information content (AvgIpc) is 1.08. The molecule has 3 nitrogen and oxygen atoms in total. The second-order valence-corrected chi connectivity index (χ2v) is 29.3. The van der Waals surface area contributed by atoms with Crippen molar-refractivity contribution in [2.75, 3.05) is 9.80 Å². The molecule has 452 valence electrons. The number of rotatable bonds is 4. The summed E-state index contributed by atoms with van der Waals surface area (Å²) in [5, 5.41) is 2.19. The van der Waals surface area contributed by atoms with Gasteiger partial charge < -0.3 is 14.2 Å². The van der Waals surface area contributed by atoms with Gasteiger partial charge in [0.2, 0.25) is 0 Å². The highest BCUT2D eigenvalue weighted by molar-refractivity contribution is 7.00. The van der Waals surface area contributed by atoms with E-state index in [0.29, 0.717) is 0 Å². The maximum absolute atomic E-state index is 6.73. The van der Waals surface area contributed by atoms with Crippen LogP contribution in [-0.4, -0.2) is 6.71 Å². The molecule has 0 fully saturated rings. The largest absolute Gasteiger partial charge is 0.456 e. The van der Waals surface area contributed by atoms with Crippen LogP contribution in [0.25, 0.3) is 111 Å². The summed E-state index contributed by atoms with van der Waals surface area (Å²) < 4.78 is 6.73. The molecule has 13 bridgehead atoms. The van der Waals surface area contributed by atoms with E-state index in [-0.39, 0.29) is 23.0 Å². The van der Waals surface area contributed by atoms with Crippen molar-refractivity contribution in [1.82, 2.24) is 0 Å². The Balaban J connectivity index is 1.10. The monoisotopic (exact) mass is 1210 g/mol. The summed E-state index contributed by atoms with van der Waals surface area (Å²) in [5.41, 5.74) is 34.0. The molecule has 0 spiro atoms. The van der Waals surface area contributed by atoms with Crippen molar-refractivity contribution in [3.8, 4) is 89.0 Å². The third-order valence-electron chi connectivity index (χ3n) is 20.2. The zero-order valence-corrected chi connectivity index (χ0v) is 54.9. The quantitative estimate of drug-likeness (QED) is 0.164. The van der Waals surface area contributed by atoms with E-state index in [1.807, 2.05) is 0 Å². The van der Waals surface area contributed by atoms with Crippen LogP contribution in [-0.2, 0) is 16.2 Å². The molecule has 0 saturated heterocycles. The molecule has 14 aromatic rings. The van der Waals surface area contributed by atoms with Gasteiger partial charge >= 0.3 is 0 Å². The van der Waals surface area contributed by atoms with Crippen LogP contribution in [0, 0.1) is 0 Å². The van der Waals surface area contributed by atoms with Crippen LogP contribution in [0.15, 0.2) is 283 Å². The lowest BCUT2D eigenvalue weighted by Crippen LogP contribution is -2.61. The van der Waals surface area contributed by atoms with E-state index in [9.17, 15) is 0 Å². The van der Waals surface area contributed by atoms with Gasteiger partial charge in [-0.25, -0.2) is 0 Å². The predicted octanol–water partition coefficient (Wildman–Crippen LogP) is 23.2. The van der Waals surface area contributed by atoms with Crippen LogP contribution in [0.2, 0.25) is 0 Å². The number of hydrogen-bond donors (Lipinski definition) is 0.